The van der Waals surface area contributed by atoms with Gasteiger partial charge in [-0.25, -0.2) is 4.98 Å². The molecule has 0 saturated carbocycles. The van der Waals surface area contributed by atoms with Gasteiger partial charge in [0, 0.05) is 64.8 Å². The van der Waals surface area contributed by atoms with Gasteiger partial charge in [-0.1, -0.05) is 65.7 Å². The zero-order valence-corrected chi connectivity index (χ0v) is 27.0. The Morgan fingerprint density at radius 2 is 1.82 bits per heavy atom. The first-order chi connectivity index (χ1) is 21.3. The maximum atomic E-state index is 14.0. The normalized spacial score (nSPS) is 12.7. The molecule has 0 fully saturated rings. The van der Waals surface area contributed by atoms with Crippen molar-refractivity contribution in [1.82, 2.24) is 20.2 Å². The number of H-pyrrole nitrogens is 1. The number of aromatic nitrogens is 2. The first-order valence-corrected chi connectivity index (χ1v) is 16.2. The van der Waals surface area contributed by atoms with Gasteiger partial charge in [-0.2, -0.15) is 0 Å². The third-order valence-corrected chi connectivity index (χ3v) is 9.55. The molecule has 4 rings (SSSR count). The number of carbonyl (C=O) groups is 2. The average Bonchev–Trinajstić information content (AvgIpc) is 3.45. The molecule has 234 valence electrons. The van der Waals surface area contributed by atoms with E-state index in [1.807, 2.05) is 49.5 Å². The molecule has 2 atom stereocenters. The van der Waals surface area contributed by atoms with E-state index in [4.69, 9.17) is 40.4 Å². The number of unbranched alkanes of at least 4 members (excludes halogenated alkanes) is 1. The van der Waals surface area contributed by atoms with Crippen LogP contribution in [0, 0.1) is 0 Å². The summed E-state index contributed by atoms with van der Waals surface area (Å²) in [6, 6.07) is 13.4. The largest absolute Gasteiger partial charge is 0.361 e. The Morgan fingerprint density at radius 3 is 2.57 bits per heavy atom. The number of halogens is 2. The van der Waals surface area contributed by atoms with E-state index in [0.717, 1.165) is 34.9 Å². The van der Waals surface area contributed by atoms with Crippen molar-refractivity contribution in [1.29, 1.82) is 0 Å². The van der Waals surface area contributed by atoms with E-state index < -0.39 is 12.1 Å². The Morgan fingerprint density at radius 1 is 1.05 bits per heavy atom. The number of para-hydroxylation sites is 1. The van der Waals surface area contributed by atoms with Crippen molar-refractivity contribution >= 4 is 57.7 Å². The number of aromatic amines is 1. The summed E-state index contributed by atoms with van der Waals surface area (Å²) in [6.45, 7) is 3.09. The number of hydrogen-bond acceptors (Lipinski definition) is 7. The van der Waals surface area contributed by atoms with Gasteiger partial charge in [0.2, 0.25) is 11.8 Å². The second-order valence-electron chi connectivity index (χ2n) is 10.4. The summed E-state index contributed by atoms with van der Waals surface area (Å²) in [4.78, 5) is 37.6. The number of fused-ring (bicyclic) bond motifs is 1. The molecule has 2 heterocycles. The van der Waals surface area contributed by atoms with Crippen LogP contribution >= 0.6 is 35.0 Å². The van der Waals surface area contributed by atoms with E-state index in [1.54, 1.807) is 23.2 Å². The highest BCUT2D eigenvalue weighted by molar-refractivity contribution is 7.99. The summed E-state index contributed by atoms with van der Waals surface area (Å²) in [5, 5.41) is 5.65. The Kier molecular flexibility index (Phi) is 12.5. The topological polar surface area (TPSA) is 156 Å². The Balaban J connectivity index is 1.63. The monoisotopic (exact) mass is 655 g/mol. The molecule has 0 saturated heterocycles. The molecule has 0 aliphatic heterocycles. The van der Waals surface area contributed by atoms with Crippen LogP contribution < -0.4 is 22.5 Å². The van der Waals surface area contributed by atoms with E-state index in [-0.39, 0.29) is 18.4 Å². The van der Waals surface area contributed by atoms with Crippen LogP contribution in [0.4, 0.5) is 0 Å². The average molecular weight is 657 g/mol. The number of nitrogens with zero attached hydrogens (tertiary/aromatic N) is 2. The minimum Gasteiger partial charge on any atom is -0.361 e. The number of nitrogens with two attached hydrogens (primary N) is 3. The number of carbonyl (C=O) groups excluding carboxylic acids is 2. The van der Waals surface area contributed by atoms with Crippen LogP contribution in [0.5, 0.6) is 0 Å². The second-order valence-corrected chi connectivity index (χ2v) is 12.2. The molecular weight excluding hydrogens is 617 g/mol. The molecule has 9 nitrogen and oxygen atoms in total. The standard InChI is InChI=1S/C32H39Cl2N7O2S/c1-2-41(32(43)26(37)10-5-6-14-35)28(16-21-18-39-27-11-4-3-9-22(21)27)30(42)40-19-23-24(33)12-13-25(34)29(23)44-31-20(17-36)8-7-15-38-31/h3-4,7-9,11-13,15,18,26,28,39H,2,5-6,10,14,16-17,19,35-37H2,1H3,(H,40,42)/t26-,28-/m0/s1. The summed E-state index contributed by atoms with van der Waals surface area (Å²) < 4.78 is 0. The molecule has 44 heavy (non-hydrogen) atoms. The molecule has 0 unspecified atom stereocenters. The highest BCUT2D eigenvalue weighted by Crippen LogP contribution is 2.39. The molecule has 0 spiro atoms. The molecule has 2 aromatic heterocycles. The predicted molar refractivity (Wildman–Crippen MR) is 179 cm³/mol. The van der Waals surface area contributed by atoms with E-state index in [2.05, 4.69) is 15.3 Å². The quantitative estimate of drug-likeness (QED) is 0.113. The highest BCUT2D eigenvalue weighted by atomic mass is 35.5. The summed E-state index contributed by atoms with van der Waals surface area (Å²) in [5.74, 6) is -0.599. The third-order valence-electron chi connectivity index (χ3n) is 7.54. The molecule has 0 bridgehead atoms. The van der Waals surface area contributed by atoms with Crippen LogP contribution in [0.3, 0.4) is 0 Å². The van der Waals surface area contributed by atoms with Crippen LogP contribution in [0.25, 0.3) is 10.9 Å². The van der Waals surface area contributed by atoms with Crippen LogP contribution in [0.1, 0.15) is 42.9 Å². The zero-order valence-electron chi connectivity index (χ0n) is 24.7. The Bertz CT molecular complexity index is 1580. The number of hydrogen-bond donors (Lipinski definition) is 5. The van der Waals surface area contributed by atoms with Crippen molar-refractivity contribution in [3.63, 3.8) is 0 Å². The maximum Gasteiger partial charge on any atom is 0.243 e. The fourth-order valence-corrected chi connectivity index (χ4v) is 6.77. The number of benzene rings is 2. The minimum absolute atomic E-state index is 0.0873. The van der Waals surface area contributed by atoms with E-state index >= 15 is 0 Å². The Hall–Kier alpha value is -3.12. The van der Waals surface area contributed by atoms with E-state index in [1.165, 1.54) is 11.8 Å². The molecule has 0 radical (unpaired) electrons. The number of pyridine rings is 1. The molecule has 2 amide bonds. The van der Waals surface area contributed by atoms with Crippen molar-refractivity contribution in [2.45, 2.75) is 67.7 Å². The lowest BCUT2D eigenvalue weighted by atomic mass is 10.0. The fraction of sp³-hybridized carbons (Fsp3) is 0.344. The van der Waals surface area contributed by atoms with Crippen LogP contribution in [0.2, 0.25) is 10.0 Å². The van der Waals surface area contributed by atoms with Gasteiger partial charge in [-0.15, -0.1) is 0 Å². The van der Waals surface area contributed by atoms with Gasteiger partial charge in [-0.05, 0) is 61.7 Å². The minimum atomic E-state index is -0.819. The first-order valence-electron chi connectivity index (χ1n) is 14.7. The second kappa shape index (κ2) is 16.3. The molecule has 12 heteroatoms. The Labute approximate surface area is 272 Å². The van der Waals surface area contributed by atoms with Crippen LogP contribution in [-0.2, 0) is 29.1 Å². The predicted octanol–water partition coefficient (Wildman–Crippen LogP) is 5.01. The van der Waals surface area contributed by atoms with Crippen LogP contribution in [-0.4, -0.2) is 51.9 Å². The molecule has 4 aromatic rings. The van der Waals surface area contributed by atoms with Gasteiger partial charge in [0.1, 0.15) is 11.1 Å². The third kappa shape index (κ3) is 8.12. The van der Waals surface area contributed by atoms with Gasteiger partial charge >= 0.3 is 0 Å². The van der Waals surface area contributed by atoms with E-state index in [0.29, 0.717) is 58.0 Å². The zero-order chi connectivity index (χ0) is 31.6. The van der Waals surface area contributed by atoms with E-state index in [9.17, 15) is 9.59 Å². The lowest BCUT2D eigenvalue weighted by Crippen LogP contribution is -2.54. The highest BCUT2D eigenvalue weighted by Gasteiger charge is 2.32. The number of amides is 2. The van der Waals surface area contributed by atoms with Gasteiger partial charge in [0.25, 0.3) is 0 Å². The van der Waals surface area contributed by atoms with Gasteiger partial charge < -0.3 is 32.4 Å². The first kappa shape index (κ1) is 33.8. The molecule has 2 aromatic carbocycles. The number of nitrogens with one attached hydrogen (secondary N) is 2. The summed E-state index contributed by atoms with van der Waals surface area (Å²) >= 11 is 14.7. The summed E-state index contributed by atoms with van der Waals surface area (Å²) in [6.07, 6.45) is 5.87. The SMILES string of the molecule is CCN(C(=O)[C@@H](N)CCCCN)[C@@H](Cc1c[nH]c2ccccc12)C(=O)NCc1c(Cl)ccc(Cl)c1Sc1ncccc1CN. The smallest absolute Gasteiger partial charge is 0.243 e. The van der Waals surface area contributed by atoms with Crippen molar-refractivity contribution < 1.29 is 9.59 Å². The van der Waals surface area contributed by atoms with Crippen molar-refractivity contribution in [2.24, 2.45) is 17.2 Å². The fourth-order valence-electron chi connectivity index (χ4n) is 5.14. The van der Waals surface area contributed by atoms with Gasteiger partial charge in [-0.3, -0.25) is 9.59 Å². The lowest BCUT2D eigenvalue weighted by Gasteiger charge is -2.32. The summed E-state index contributed by atoms with van der Waals surface area (Å²) in [7, 11) is 0. The van der Waals surface area contributed by atoms with Crippen molar-refractivity contribution in [2.75, 3.05) is 13.1 Å². The molecular formula is C32H39Cl2N7O2S. The lowest BCUT2D eigenvalue weighted by molar-refractivity contribution is -0.141. The molecule has 0 aliphatic carbocycles. The maximum absolute atomic E-state index is 14.0. The van der Waals surface area contributed by atoms with Gasteiger partial charge in [0.15, 0.2) is 0 Å². The van der Waals surface area contributed by atoms with Crippen molar-refractivity contribution in [3.05, 3.63) is 87.7 Å². The van der Waals surface area contributed by atoms with Crippen LogP contribution in [0.15, 0.2) is 70.8 Å². The van der Waals surface area contributed by atoms with Gasteiger partial charge in [0.05, 0.1) is 11.1 Å². The summed E-state index contributed by atoms with van der Waals surface area (Å²) in [5.41, 5.74) is 21.3. The number of rotatable bonds is 15. The molecule has 8 N–H and O–H groups in total. The molecule has 0 aliphatic rings. The number of likely N-dealkylation sites (N-methyl/N-ethyl adjacent to an activating group) is 1. The van der Waals surface area contributed by atoms with Crippen molar-refractivity contribution in [3.8, 4) is 0 Å².